The minimum atomic E-state index is -0.0147. The maximum atomic E-state index is 12.8. The Morgan fingerprint density at radius 3 is 1.43 bits per heavy atom. The molecule has 4 aromatic carbocycles. The first-order chi connectivity index (χ1) is 17.2. The molecular formula is C31H28N2O2. The van der Waals surface area contributed by atoms with E-state index in [0.717, 1.165) is 28.3 Å². The number of hydrogen-bond acceptors (Lipinski definition) is 2. The van der Waals surface area contributed by atoms with E-state index in [1.54, 1.807) is 12.2 Å². The topological polar surface area (TPSA) is 40.6 Å². The van der Waals surface area contributed by atoms with Gasteiger partial charge in [-0.15, -0.1) is 0 Å². The zero-order chi connectivity index (χ0) is 24.0. The maximum Gasteiger partial charge on any atom is 0.246 e. The Hall–Kier alpha value is -4.18. The molecule has 1 saturated heterocycles. The first kappa shape index (κ1) is 22.6. The van der Waals surface area contributed by atoms with Gasteiger partial charge < -0.3 is 9.80 Å². The highest BCUT2D eigenvalue weighted by Crippen LogP contribution is 2.18. The third kappa shape index (κ3) is 5.49. The Bertz CT molecular complexity index is 1330. The van der Waals surface area contributed by atoms with Crippen LogP contribution in [-0.4, -0.2) is 47.8 Å². The van der Waals surface area contributed by atoms with Crippen LogP contribution in [-0.2, 0) is 9.59 Å². The summed E-state index contributed by atoms with van der Waals surface area (Å²) in [6.07, 6.45) is 7.79. The summed E-state index contributed by atoms with van der Waals surface area (Å²) in [5.74, 6) is -0.0293. The molecule has 4 heteroatoms. The van der Waals surface area contributed by atoms with E-state index < -0.39 is 0 Å². The van der Waals surface area contributed by atoms with Crippen molar-refractivity contribution in [1.82, 2.24) is 9.80 Å². The SMILES string of the molecule is O=C(/C=C/c1ccc2ccccc2c1)N1CCCN(C(=O)/C=C/c2ccc3ccccc3c2)CC1. The molecule has 4 nitrogen and oxygen atoms in total. The summed E-state index contributed by atoms with van der Waals surface area (Å²) >= 11 is 0. The van der Waals surface area contributed by atoms with E-state index in [4.69, 9.17) is 0 Å². The molecule has 1 aliphatic heterocycles. The summed E-state index contributed by atoms with van der Waals surface area (Å²) in [6.45, 7) is 2.38. The summed E-state index contributed by atoms with van der Waals surface area (Å²) in [5.41, 5.74) is 2.00. The van der Waals surface area contributed by atoms with Gasteiger partial charge in [-0.2, -0.15) is 0 Å². The third-order valence-electron chi connectivity index (χ3n) is 6.50. The number of rotatable bonds is 4. The minimum absolute atomic E-state index is 0.0147. The molecule has 0 N–H and O–H groups in total. The smallest absolute Gasteiger partial charge is 0.246 e. The molecule has 1 fully saturated rings. The van der Waals surface area contributed by atoms with Gasteiger partial charge in [-0.3, -0.25) is 9.59 Å². The standard InChI is InChI=1S/C31H28N2O2/c34-30(16-12-24-10-14-26-6-1-3-8-28(26)22-24)32-18-5-19-33(21-20-32)31(35)17-13-25-11-15-27-7-2-4-9-29(27)23-25/h1-4,6-17,22-23H,5,18-21H2/b16-12+,17-13+. The van der Waals surface area contributed by atoms with Gasteiger partial charge in [-0.25, -0.2) is 0 Å². The normalized spacial score (nSPS) is 14.7. The molecule has 4 aromatic rings. The summed E-state index contributed by atoms with van der Waals surface area (Å²) in [7, 11) is 0. The largest absolute Gasteiger partial charge is 0.337 e. The van der Waals surface area contributed by atoms with E-state index in [1.165, 1.54) is 10.8 Å². The van der Waals surface area contributed by atoms with Crippen molar-refractivity contribution in [3.63, 3.8) is 0 Å². The molecule has 0 aliphatic carbocycles. The van der Waals surface area contributed by atoms with Crippen LogP contribution in [0.2, 0.25) is 0 Å². The number of carbonyl (C=O) groups excluding carboxylic acids is 2. The Morgan fingerprint density at radius 2 is 0.971 bits per heavy atom. The lowest BCUT2D eigenvalue weighted by Crippen LogP contribution is -2.36. The van der Waals surface area contributed by atoms with Crippen molar-refractivity contribution < 1.29 is 9.59 Å². The number of fused-ring (bicyclic) bond motifs is 2. The summed E-state index contributed by atoms with van der Waals surface area (Å²) in [6, 6.07) is 28.7. The molecule has 1 aliphatic rings. The molecule has 0 atom stereocenters. The van der Waals surface area contributed by atoms with Crippen molar-refractivity contribution in [1.29, 1.82) is 0 Å². The Balaban J connectivity index is 1.18. The molecule has 35 heavy (non-hydrogen) atoms. The zero-order valence-electron chi connectivity index (χ0n) is 19.6. The second-order valence-electron chi connectivity index (χ2n) is 8.88. The van der Waals surface area contributed by atoms with Crippen molar-refractivity contribution in [2.24, 2.45) is 0 Å². The van der Waals surface area contributed by atoms with E-state index in [0.29, 0.717) is 26.2 Å². The van der Waals surface area contributed by atoms with E-state index in [-0.39, 0.29) is 11.8 Å². The van der Waals surface area contributed by atoms with Crippen LogP contribution in [0.4, 0.5) is 0 Å². The molecule has 174 valence electrons. The molecule has 0 aromatic heterocycles. The second-order valence-corrected chi connectivity index (χ2v) is 8.88. The van der Waals surface area contributed by atoms with Crippen molar-refractivity contribution in [2.75, 3.05) is 26.2 Å². The Labute approximate surface area is 205 Å². The lowest BCUT2D eigenvalue weighted by Gasteiger charge is -2.20. The quantitative estimate of drug-likeness (QED) is 0.362. The maximum absolute atomic E-state index is 12.8. The van der Waals surface area contributed by atoms with Crippen molar-refractivity contribution in [2.45, 2.75) is 6.42 Å². The number of nitrogens with zero attached hydrogens (tertiary/aromatic N) is 2. The summed E-state index contributed by atoms with van der Waals surface area (Å²) < 4.78 is 0. The third-order valence-corrected chi connectivity index (χ3v) is 6.50. The predicted molar refractivity (Wildman–Crippen MR) is 144 cm³/mol. The van der Waals surface area contributed by atoms with Gasteiger partial charge in [0, 0.05) is 38.3 Å². The number of carbonyl (C=O) groups is 2. The molecule has 5 rings (SSSR count). The zero-order valence-corrected chi connectivity index (χ0v) is 19.6. The van der Waals surface area contributed by atoms with Crippen LogP contribution in [0, 0.1) is 0 Å². The van der Waals surface area contributed by atoms with Crippen LogP contribution in [0.1, 0.15) is 17.5 Å². The van der Waals surface area contributed by atoms with Crippen LogP contribution in [0.3, 0.4) is 0 Å². The van der Waals surface area contributed by atoms with Crippen molar-refractivity contribution in [3.05, 3.63) is 108 Å². The lowest BCUT2D eigenvalue weighted by molar-refractivity contribution is -0.128. The first-order valence-electron chi connectivity index (χ1n) is 12.1. The average molecular weight is 461 g/mol. The monoisotopic (exact) mass is 460 g/mol. The van der Waals surface area contributed by atoms with E-state index >= 15 is 0 Å². The van der Waals surface area contributed by atoms with Gasteiger partial charge in [0.1, 0.15) is 0 Å². The fraction of sp³-hybridized carbons (Fsp3) is 0.161. The molecule has 2 amide bonds. The molecule has 0 spiro atoms. The van der Waals surface area contributed by atoms with E-state index in [2.05, 4.69) is 48.5 Å². The Kier molecular flexibility index (Phi) is 6.71. The van der Waals surface area contributed by atoms with Crippen LogP contribution in [0.15, 0.2) is 97.1 Å². The fourth-order valence-corrected chi connectivity index (χ4v) is 4.53. The molecule has 0 unspecified atom stereocenters. The number of benzene rings is 4. The number of hydrogen-bond donors (Lipinski definition) is 0. The van der Waals surface area contributed by atoms with Gasteiger partial charge in [0.2, 0.25) is 11.8 Å². The van der Waals surface area contributed by atoms with Crippen molar-refractivity contribution in [3.8, 4) is 0 Å². The highest BCUT2D eigenvalue weighted by molar-refractivity contribution is 5.94. The van der Waals surface area contributed by atoms with Gasteiger partial charge in [-0.1, -0.05) is 72.8 Å². The summed E-state index contributed by atoms with van der Waals surface area (Å²) in [4.78, 5) is 29.3. The molecule has 0 radical (unpaired) electrons. The Morgan fingerprint density at radius 1 is 0.543 bits per heavy atom. The van der Waals surface area contributed by atoms with Crippen molar-refractivity contribution >= 4 is 45.5 Å². The summed E-state index contributed by atoms with van der Waals surface area (Å²) in [5, 5.41) is 4.68. The molecule has 1 heterocycles. The number of amides is 2. The highest BCUT2D eigenvalue weighted by atomic mass is 16.2. The lowest BCUT2D eigenvalue weighted by atomic mass is 10.1. The molecule has 0 bridgehead atoms. The van der Waals surface area contributed by atoms with E-state index in [1.807, 2.05) is 58.4 Å². The van der Waals surface area contributed by atoms with Crippen LogP contribution in [0.25, 0.3) is 33.7 Å². The predicted octanol–water partition coefficient (Wildman–Crippen LogP) is 5.78. The van der Waals surface area contributed by atoms with E-state index in [9.17, 15) is 9.59 Å². The highest BCUT2D eigenvalue weighted by Gasteiger charge is 2.19. The van der Waals surface area contributed by atoms with Gasteiger partial charge in [0.05, 0.1) is 0 Å². The first-order valence-corrected chi connectivity index (χ1v) is 12.1. The fourth-order valence-electron chi connectivity index (χ4n) is 4.53. The van der Waals surface area contributed by atoms with Crippen LogP contribution >= 0.6 is 0 Å². The van der Waals surface area contributed by atoms with Crippen LogP contribution in [0.5, 0.6) is 0 Å². The van der Waals surface area contributed by atoms with Gasteiger partial charge in [0.25, 0.3) is 0 Å². The van der Waals surface area contributed by atoms with Gasteiger partial charge in [0.15, 0.2) is 0 Å². The van der Waals surface area contributed by atoms with Gasteiger partial charge >= 0.3 is 0 Å². The second kappa shape index (κ2) is 10.4. The molecule has 0 saturated carbocycles. The van der Waals surface area contributed by atoms with Gasteiger partial charge in [-0.05, 0) is 63.4 Å². The van der Waals surface area contributed by atoms with Crippen LogP contribution < -0.4 is 0 Å². The molecular weight excluding hydrogens is 432 g/mol. The minimum Gasteiger partial charge on any atom is -0.337 e. The average Bonchev–Trinajstić information content (AvgIpc) is 3.17.